The fraction of sp³-hybridized carbons (Fsp3) is 0.500. The summed E-state index contributed by atoms with van der Waals surface area (Å²) in [5, 5.41) is 0. The summed E-state index contributed by atoms with van der Waals surface area (Å²) in [4.78, 5) is 20.5. The number of rotatable bonds is 2. The Balaban J connectivity index is 2.38. The van der Waals surface area contributed by atoms with Crippen molar-refractivity contribution < 1.29 is 9.59 Å². The normalized spacial score (nSPS) is 20.4. The number of carbonyl (C=O) groups is 2. The van der Waals surface area contributed by atoms with E-state index in [0.717, 1.165) is 0 Å². The van der Waals surface area contributed by atoms with Crippen LogP contribution in [-0.4, -0.2) is 24.9 Å². The predicted molar refractivity (Wildman–Crippen MR) is 32.3 cm³/mol. The van der Waals surface area contributed by atoms with Gasteiger partial charge < -0.3 is 0 Å². The van der Waals surface area contributed by atoms with Crippen LogP contribution in [0.3, 0.4) is 0 Å². The second-order valence-electron chi connectivity index (χ2n) is 1.77. The molecule has 0 amide bonds. The zero-order chi connectivity index (χ0) is 7.40. The van der Waals surface area contributed by atoms with Crippen molar-refractivity contribution in [3.05, 3.63) is 0 Å². The van der Waals surface area contributed by atoms with Gasteiger partial charge in [0.05, 0.1) is 6.67 Å². The Labute approximate surface area is 57.3 Å². The van der Waals surface area contributed by atoms with E-state index in [1.807, 2.05) is 0 Å². The van der Waals surface area contributed by atoms with Gasteiger partial charge in [-0.25, -0.2) is 21.7 Å². The van der Waals surface area contributed by atoms with E-state index >= 15 is 0 Å². The van der Waals surface area contributed by atoms with Gasteiger partial charge in [-0.2, -0.15) is 0 Å². The molecule has 0 radical (unpaired) electrons. The number of ketones is 1. The van der Waals surface area contributed by atoms with Crippen LogP contribution >= 0.6 is 0 Å². The Morgan fingerprint density at radius 3 is 2.50 bits per heavy atom. The summed E-state index contributed by atoms with van der Waals surface area (Å²) >= 11 is 0. The van der Waals surface area contributed by atoms with Gasteiger partial charge in [-0.05, 0) is 0 Å². The number of nitrogens with one attached hydrogen (secondary N) is 4. The fourth-order valence-corrected chi connectivity index (χ4v) is 0.597. The second kappa shape index (κ2) is 3.37. The van der Waals surface area contributed by atoms with Crippen LogP contribution in [0.2, 0.25) is 0 Å². The lowest BCUT2D eigenvalue weighted by Crippen LogP contribution is -2.66. The molecular weight excluding hydrogens is 136 g/mol. The Bertz CT molecular complexity index is 142. The van der Waals surface area contributed by atoms with Crippen molar-refractivity contribution in [2.75, 3.05) is 6.67 Å². The molecule has 1 saturated heterocycles. The molecule has 4 N–H and O–H groups in total. The minimum absolute atomic E-state index is 0.263. The van der Waals surface area contributed by atoms with Crippen molar-refractivity contribution in [1.29, 1.82) is 0 Å². The smallest absolute Gasteiger partial charge is 0.228 e. The minimum Gasteiger partial charge on any atom is -0.294 e. The van der Waals surface area contributed by atoms with E-state index in [4.69, 9.17) is 0 Å². The van der Waals surface area contributed by atoms with Crippen LogP contribution in [0, 0.1) is 0 Å². The predicted octanol–water partition coefficient (Wildman–Crippen LogP) is -2.76. The summed E-state index contributed by atoms with van der Waals surface area (Å²) in [7, 11) is 0. The first-order valence-electron chi connectivity index (χ1n) is 2.80. The topological polar surface area (TPSA) is 82.3 Å². The lowest BCUT2D eigenvalue weighted by Gasteiger charge is -2.23. The van der Waals surface area contributed by atoms with Gasteiger partial charge in [0.15, 0.2) is 12.5 Å². The highest BCUT2D eigenvalue weighted by atomic mass is 16.2. The molecule has 1 aliphatic heterocycles. The number of hydrogen-bond donors (Lipinski definition) is 4. The Hall–Kier alpha value is -0.820. The first kappa shape index (κ1) is 7.29. The van der Waals surface area contributed by atoms with E-state index in [1.165, 1.54) is 0 Å². The maximum atomic E-state index is 10.6. The Morgan fingerprint density at radius 2 is 2.00 bits per heavy atom. The highest BCUT2D eigenvalue weighted by molar-refractivity contribution is 6.27. The molecule has 0 unspecified atom stereocenters. The summed E-state index contributed by atoms with van der Waals surface area (Å²) in [6, 6.07) is 0. The molecular formula is C4H8N4O2. The molecule has 0 aliphatic carbocycles. The molecule has 1 aliphatic rings. The molecule has 1 fully saturated rings. The maximum Gasteiger partial charge on any atom is 0.228 e. The molecule has 0 aromatic heterocycles. The van der Waals surface area contributed by atoms with Gasteiger partial charge in [-0.3, -0.25) is 9.59 Å². The lowest BCUT2D eigenvalue weighted by molar-refractivity contribution is -0.132. The van der Waals surface area contributed by atoms with E-state index in [-0.39, 0.29) is 6.29 Å². The molecule has 0 atom stereocenters. The minimum atomic E-state index is -0.661. The lowest BCUT2D eigenvalue weighted by atomic mass is 10.3. The van der Waals surface area contributed by atoms with Crippen LogP contribution < -0.4 is 21.7 Å². The first-order chi connectivity index (χ1) is 4.84. The van der Waals surface area contributed by atoms with E-state index in [1.54, 1.807) is 0 Å². The summed E-state index contributed by atoms with van der Waals surface area (Å²) in [6.45, 7) is 0.503. The van der Waals surface area contributed by atoms with Crippen molar-refractivity contribution in [2.45, 2.75) is 6.17 Å². The molecule has 0 aromatic rings. The van der Waals surface area contributed by atoms with Crippen molar-refractivity contribution >= 4 is 12.1 Å². The van der Waals surface area contributed by atoms with E-state index < -0.39 is 11.9 Å². The van der Waals surface area contributed by atoms with Crippen LogP contribution in [0.1, 0.15) is 0 Å². The summed E-state index contributed by atoms with van der Waals surface area (Å²) in [5.41, 5.74) is 10.4. The molecule has 56 valence electrons. The third kappa shape index (κ3) is 1.58. The zero-order valence-electron chi connectivity index (χ0n) is 5.18. The summed E-state index contributed by atoms with van der Waals surface area (Å²) in [6.07, 6.45) is -0.398. The van der Waals surface area contributed by atoms with E-state index in [2.05, 4.69) is 21.7 Å². The molecule has 6 heteroatoms. The van der Waals surface area contributed by atoms with Crippen LogP contribution in [0.5, 0.6) is 0 Å². The molecule has 0 aromatic carbocycles. The van der Waals surface area contributed by atoms with Crippen LogP contribution in [0.15, 0.2) is 0 Å². The average molecular weight is 144 g/mol. The zero-order valence-corrected chi connectivity index (χ0v) is 5.18. The fourth-order valence-electron chi connectivity index (χ4n) is 0.597. The number of hydrazine groups is 2. The van der Waals surface area contributed by atoms with E-state index in [9.17, 15) is 9.59 Å². The SMILES string of the molecule is O=CC(=O)C1NNCNN1. The molecule has 0 bridgehead atoms. The van der Waals surface area contributed by atoms with Crippen molar-refractivity contribution in [2.24, 2.45) is 0 Å². The molecule has 0 saturated carbocycles. The van der Waals surface area contributed by atoms with Gasteiger partial charge in [0.1, 0.15) is 0 Å². The van der Waals surface area contributed by atoms with Crippen LogP contribution in [0.25, 0.3) is 0 Å². The molecule has 1 rings (SSSR count). The highest BCUT2D eigenvalue weighted by Gasteiger charge is 2.17. The maximum absolute atomic E-state index is 10.6. The van der Waals surface area contributed by atoms with Gasteiger partial charge in [0.2, 0.25) is 5.78 Å². The van der Waals surface area contributed by atoms with Gasteiger partial charge in [0, 0.05) is 0 Å². The van der Waals surface area contributed by atoms with Crippen molar-refractivity contribution in [3.8, 4) is 0 Å². The monoisotopic (exact) mass is 144 g/mol. The summed E-state index contributed by atoms with van der Waals surface area (Å²) < 4.78 is 0. The molecule has 1 heterocycles. The molecule has 0 spiro atoms. The number of aldehydes is 1. The second-order valence-corrected chi connectivity index (χ2v) is 1.77. The average Bonchev–Trinajstić information content (AvgIpc) is 2.05. The molecule has 10 heavy (non-hydrogen) atoms. The van der Waals surface area contributed by atoms with Crippen molar-refractivity contribution in [3.63, 3.8) is 0 Å². The van der Waals surface area contributed by atoms with Gasteiger partial charge in [0.25, 0.3) is 0 Å². The Kier molecular flexibility index (Phi) is 2.46. The third-order valence-electron chi connectivity index (χ3n) is 1.07. The number of carbonyl (C=O) groups excluding carboxylic acids is 2. The highest BCUT2D eigenvalue weighted by Crippen LogP contribution is 1.76. The van der Waals surface area contributed by atoms with Crippen molar-refractivity contribution in [1.82, 2.24) is 21.7 Å². The van der Waals surface area contributed by atoms with Gasteiger partial charge >= 0.3 is 0 Å². The van der Waals surface area contributed by atoms with Gasteiger partial charge in [-0.1, -0.05) is 0 Å². The largest absolute Gasteiger partial charge is 0.294 e. The summed E-state index contributed by atoms with van der Waals surface area (Å²) in [5.74, 6) is -0.542. The standard InChI is InChI=1S/C4H8N4O2/c9-1-3(10)4-7-5-2-6-8-4/h1,4-8H,2H2. The third-order valence-corrected chi connectivity index (χ3v) is 1.07. The molecule has 6 nitrogen and oxygen atoms in total. The van der Waals surface area contributed by atoms with Crippen LogP contribution in [-0.2, 0) is 9.59 Å². The number of Topliss-reactive ketones (excluding diaryl/α,β-unsaturated/α-hetero) is 1. The van der Waals surface area contributed by atoms with Crippen LogP contribution in [0.4, 0.5) is 0 Å². The van der Waals surface area contributed by atoms with Gasteiger partial charge in [-0.15, -0.1) is 0 Å². The first-order valence-corrected chi connectivity index (χ1v) is 2.80. The Morgan fingerprint density at radius 1 is 1.40 bits per heavy atom. The van der Waals surface area contributed by atoms with E-state index in [0.29, 0.717) is 6.67 Å². The quantitative estimate of drug-likeness (QED) is 0.248. The number of hydrogen-bond acceptors (Lipinski definition) is 6.